The summed E-state index contributed by atoms with van der Waals surface area (Å²) in [5.74, 6) is 0.706. The Kier molecular flexibility index (Phi) is 5.80. The van der Waals surface area contributed by atoms with E-state index in [9.17, 15) is 9.59 Å². The third-order valence-corrected chi connectivity index (χ3v) is 4.79. The lowest BCUT2D eigenvalue weighted by Crippen LogP contribution is -2.50. The van der Waals surface area contributed by atoms with Crippen LogP contribution in [0.5, 0.6) is 0 Å². The van der Waals surface area contributed by atoms with E-state index in [2.05, 4.69) is 38.6 Å². The van der Waals surface area contributed by atoms with Crippen LogP contribution < -0.4 is 10.9 Å². The smallest absolute Gasteiger partial charge is 0.258 e. The first-order valence-corrected chi connectivity index (χ1v) is 8.91. The number of nitrogens with zero attached hydrogens (tertiary/aromatic N) is 3. The molecule has 0 radical (unpaired) electrons. The summed E-state index contributed by atoms with van der Waals surface area (Å²) in [6.45, 7) is 9.82. The Morgan fingerprint density at radius 2 is 2.08 bits per heavy atom. The number of para-hydroxylation sites is 1. The van der Waals surface area contributed by atoms with Gasteiger partial charge in [0.1, 0.15) is 5.82 Å². The van der Waals surface area contributed by atoms with Crippen LogP contribution >= 0.6 is 0 Å². The number of H-pyrrole nitrogens is 1. The van der Waals surface area contributed by atoms with E-state index < -0.39 is 0 Å². The summed E-state index contributed by atoms with van der Waals surface area (Å²) in [6, 6.07) is 7.39. The lowest BCUT2D eigenvalue weighted by molar-refractivity contribution is -0.122. The van der Waals surface area contributed by atoms with Gasteiger partial charge < -0.3 is 10.3 Å². The highest BCUT2D eigenvalue weighted by atomic mass is 16.2. The first kappa shape index (κ1) is 18.3. The van der Waals surface area contributed by atoms with Crippen molar-refractivity contribution in [3.63, 3.8) is 0 Å². The summed E-state index contributed by atoms with van der Waals surface area (Å²) < 4.78 is 0. The van der Waals surface area contributed by atoms with Gasteiger partial charge in [0.25, 0.3) is 5.56 Å². The number of hydrogen-bond donors (Lipinski definition) is 2. The van der Waals surface area contributed by atoms with Gasteiger partial charge in [-0.1, -0.05) is 18.2 Å². The molecule has 2 heterocycles. The number of carbonyl (C=O) groups is 1. The van der Waals surface area contributed by atoms with Crippen LogP contribution in [-0.4, -0.2) is 64.9 Å². The molecule has 3 rings (SSSR count). The SMILES string of the molecule is C=CCNC(=O)CN1CCN([C@@H](C)c2nc3ccccc3c(=O)[nH]2)CC1. The minimum atomic E-state index is -0.102. The molecule has 0 spiro atoms. The number of fused-ring (bicyclic) bond motifs is 1. The predicted molar refractivity (Wildman–Crippen MR) is 102 cm³/mol. The number of aromatic amines is 1. The zero-order chi connectivity index (χ0) is 18.5. The van der Waals surface area contributed by atoms with Gasteiger partial charge in [0.05, 0.1) is 23.5 Å². The number of carbonyl (C=O) groups excluding carboxylic acids is 1. The van der Waals surface area contributed by atoms with Gasteiger partial charge in [-0.3, -0.25) is 19.4 Å². The monoisotopic (exact) mass is 355 g/mol. The van der Waals surface area contributed by atoms with Gasteiger partial charge in [0, 0.05) is 32.7 Å². The normalized spacial score (nSPS) is 17.1. The highest BCUT2D eigenvalue weighted by Gasteiger charge is 2.24. The zero-order valence-electron chi connectivity index (χ0n) is 15.1. The standard InChI is InChI=1S/C19H25N5O2/c1-3-8-20-17(25)13-23-9-11-24(12-10-23)14(2)18-21-16-7-5-4-6-15(16)19(26)22-18/h3-7,14H,1,8-13H2,2H3,(H,20,25)(H,21,22,26)/t14-/m0/s1. The molecule has 7 nitrogen and oxygen atoms in total. The number of nitrogens with one attached hydrogen (secondary N) is 2. The van der Waals surface area contributed by atoms with Gasteiger partial charge in [0.2, 0.25) is 5.91 Å². The largest absolute Gasteiger partial charge is 0.352 e. The lowest BCUT2D eigenvalue weighted by Gasteiger charge is -2.37. The summed E-state index contributed by atoms with van der Waals surface area (Å²) in [6.07, 6.45) is 1.68. The Bertz CT molecular complexity index is 839. The van der Waals surface area contributed by atoms with Crippen LogP contribution in [0.25, 0.3) is 10.9 Å². The van der Waals surface area contributed by atoms with Crippen LogP contribution in [0, 0.1) is 0 Å². The molecule has 2 aromatic rings. The maximum atomic E-state index is 12.3. The molecule has 1 aliphatic rings. The van der Waals surface area contributed by atoms with E-state index in [0.29, 0.717) is 24.3 Å². The highest BCUT2D eigenvalue weighted by molar-refractivity contribution is 5.78. The predicted octanol–water partition coefficient (Wildman–Crippen LogP) is 0.904. The van der Waals surface area contributed by atoms with Gasteiger partial charge in [-0.15, -0.1) is 6.58 Å². The molecule has 1 fully saturated rings. The third-order valence-electron chi connectivity index (χ3n) is 4.79. The molecule has 1 aromatic heterocycles. The van der Waals surface area contributed by atoms with Crippen molar-refractivity contribution in [3.8, 4) is 0 Å². The van der Waals surface area contributed by atoms with Crippen LogP contribution in [0.3, 0.4) is 0 Å². The van der Waals surface area contributed by atoms with Crippen molar-refractivity contribution in [1.82, 2.24) is 25.1 Å². The fraction of sp³-hybridized carbons (Fsp3) is 0.421. The van der Waals surface area contributed by atoms with Crippen LogP contribution in [-0.2, 0) is 4.79 Å². The molecule has 0 saturated carbocycles. The number of hydrogen-bond acceptors (Lipinski definition) is 5. The molecule has 2 N–H and O–H groups in total. The third kappa shape index (κ3) is 4.17. The average Bonchev–Trinajstić information content (AvgIpc) is 2.66. The Morgan fingerprint density at radius 3 is 2.81 bits per heavy atom. The second-order valence-electron chi connectivity index (χ2n) is 6.55. The second-order valence-corrected chi connectivity index (χ2v) is 6.55. The fourth-order valence-electron chi connectivity index (χ4n) is 3.23. The van der Waals surface area contributed by atoms with Crippen molar-refractivity contribution in [1.29, 1.82) is 0 Å². The van der Waals surface area contributed by atoms with Gasteiger partial charge in [-0.05, 0) is 19.1 Å². The van der Waals surface area contributed by atoms with E-state index in [1.807, 2.05) is 18.2 Å². The summed E-state index contributed by atoms with van der Waals surface area (Å²) in [7, 11) is 0. The van der Waals surface area contributed by atoms with Gasteiger partial charge >= 0.3 is 0 Å². The Hall–Kier alpha value is -2.51. The summed E-state index contributed by atoms with van der Waals surface area (Å²) in [5, 5.41) is 3.41. The van der Waals surface area contributed by atoms with E-state index in [1.165, 1.54) is 0 Å². The van der Waals surface area contributed by atoms with Gasteiger partial charge in [0.15, 0.2) is 0 Å². The van der Waals surface area contributed by atoms with Crippen molar-refractivity contribution in [2.75, 3.05) is 39.3 Å². The Morgan fingerprint density at radius 1 is 1.35 bits per heavy atom. The number of amides is 1. The molecular formula is C19H25N5O2. The molecule has 0 bridgehead atoms. The molecule has 1 aliphatic heterocycles. The van der Waals surface area contributed by atoms with Gasteiger partial charge in [-0.25, -0.2) is 4.98 Å². The summed E-state index contributed by atoms with van der Waals surface area (Å²) in [5.41, 5.74) is 0.616. The number of aromatic nitrogens is 2. The summed E-state index contributed by atoms with van der Waals surface area (Å²) in [4.78, 5) is 36.0. The van der Waals surface area contributed by atoms with Crippen LogP contribution in [0.1, 0.15) is 18.8 Å². The van der Waals surface area contributed by atoms with E-state index in [0.717, 1.165) is 31.7 Å². The highest BCUT2D eigenvalue weighted by Crippen LogP contribution is 2.19. The van der Waals surface area contributed by atoms with Crippen molar-refractivity contribution < 1.29 is 4.79 Å². The van der Waals surface area contributed by atoms with Crippen LogP contribution in [0.2, 0.25) is 0 Å². The lowest BCUT2D eigenvalue weighted by atomic mass is 10.2. The molecular weight excluding hydrogens is 330 g/mol. The number of rotatable bonds is 6. The molecule has 1 aromatic carbocycles. The molecule has 1 atom stereocenters. The maximum Gasteiger partial charge on any atom is 0.258 e. The quantitative estimate of drug-likeness (QED) is 0.753. The molecule has 0 aliphatic carbocycles. The van der Waals surface area contributed by atoms with E-state index in [-0.39, 0.29) is 17.5 Å². The number of piperazine rings is 1. The molecule has 0 unspecified atom stereocenters. The van der Waals surface area contributed by atoms with Crippen molar-refractivity contribution in [3.05, 3.63) is 53.1 Å². The van der Waals surface area contributed by atoms with Crippen molar-refractivity contribution in [2.45, 2.75) is 13.0 Å². The maximum absolute atomic E-state index is 12.3. The van der Waals surface area contributed by atoms with Crippen molar-refractivity contribution in [2.24, 2.45) is 0 Å². The minimum absolute atomic E-state index is 0.0176. The Balaban J connectivity index is 1.62. The van der Waals surface area contributed by atoms with Crippen LogP contribution in [0.15, 0.2) is 41.7 Å². The molecule has 1 amide bonds. The molecule has 7 heteroatoms. The van der Waals surface area contributed by atoms with Crippen LogP contribution in [0.4, 0.5) is 0 Å². The molecule has 1 saturated heterocycles. The van der Waals surface area contributed by atoms with E-state index in [1.54, 1.807) is 12.1 Å². The zero-order valence-corrected chi connectivity index (χ0v) is 15.1. The second kappa shape index (κ2) is 8.25. The average molecular weight is 355 g/mol. The molecule has 26 heavy (non-hydrogen) atoms. The molecule has 138 valence electrons. The first-order valence-electron chi connectivity index (χ1n) is 8.91. The van der Waals surface area contributed by atoms with Gasteiger partial charge in [-0.2, -0.15) is 0 Å². The van der Waals surface area contributed by atoms with E-state index >= 15 is 0 Å². The fourth-order valence-corrected chi connectivity index (χ4v) is 3.23. The van der Waals surface area contributed by atoms with E-state index in [4.69, 9.17) is 0 Å². The summed E-state index contributed by atoms with van der Waals surface area (Å²) >= 11 is 0. The topological polar surface area (TPSA) is 81.3 Å². The number of benzene rings is 1. The minimum Gasteiger partial charge on any atom is -0.352 e. The van der Waals surface area contributed by atoms with Crippen molar-refractivity contribution >= 4 is 16.8 Å². The first-order chi connectivity index (χ1) is 12.6. The Labute approximate surface area is 152 Å².